The summed E-state index contributed by atoms with van der Waals surface area (Å²) in [5, 5.41) is 4.82. The van der Waals surface area contributed by atoms with Crippen molar-refractivity contribution in [2.75, 3.05) is 18.5 Å². The van der Waals surface area contributed by atoms with Crippen molar-refractivity contribution in [2.45, 2.75) is 13.8 Å². The van der Waals surface area contributed by atoms with Gasteiger partial charge >= 0.3 is 11.9 Å². The first kappa shape index (κ1) is 19.0. The van der Waals surface area contributed by atoms with Crippen LogP contribution in [0.2, 0.25) is 5.02 Å². The second kappa shape index (κ2) is 8.64. The van der Waals surface area contributed by atoms with E-state index < -0.39 is 17.8 Å². The highest BCUT2D eigenvalue weighted by Gasteiger charge is 2.26. The molecular weight excluding hydrogens is 366 g/mol. The number of anilines is 1. The summed E-state index contributed by atoms with van der Waals surface area (Å²) in [6, 6.07) is 6.28. The molecule has 2 rings (SSSR count). The number of nitrogens with one attached hydrogen (secondary N) is 1. The molecule has 0 radical (unpaired) electrons. The molecule has 132 valence electrons. The summed E-state index contributed by atoms with van der Waals surface area (Å²) in [5.41, 5.74) is 0.426. The summed E-state index contributed by atoms with van der Waals surface area (Å²) in [6.45, 7) is 3.63. The Labute approximate surface area is 153 Å². The van der Waals surface area contributed by atoms with Crippen LogP contribution in [0.4, 0.5) is 5.00 Å². The molecule has 0 aliphatic heterocycles. The lowest BCUT2D eigenvalue weighted by Crippen LogP contribution is -2.17. The van der Waals surface area contributed by atoms with Crippen molar-refractivity contribution in [1.29, 1.82) is 0 Å². The zero-order valence-corrected chi connectivity index (χ0v) is 15.2. The van der Waals surface area contributed by atoms with Crippen LogP contribution in [0.15, 0.2) is 29.6 Å². The summed E-state index contributed by atoms with van der Waals surface area (Å²) in [7, 11) is 0. The summed E-state index contributed by atoms with van der Waals surface area (Å²) in [4.78, 5) is 36.6. The summed E-state index contributed by atoms with van der Waals surface area (Å²) < 4.78 is 9.94. The molecule has 1 N–H and O–H groups in total. The molecule has 6 nitrogen and oxygen atoms in total. The minimum Gasteiger partial charge on any atom is -0.462 e. The molecule has 0 spiro atoms. The number of benzene rings is 1. The van der Waals surface area contributed by atoms with Gasteiger partial charge in [0.05, 0.1) is 18.8 Å². The van der Waals surface area contributed by atoms with E-state index >= 15 is 0 Å². The number of ether oxygens (including phenoxy) is 2. The van der Waals surface area contributed by atoms with Crippen molar-refractivity contribution in [1.82, 2.24) is 0 Å². The summed E-state index contributed by atoms with van der Waals surface area (Å²) in [6.07, 6.45) is 0. The topological polar surface area (TPSA) is 81.7 Å². The fourth-order valence-electron chi connectivity index (χ4n) is 1.99. The van der Waals surface area contributed by atoms with E-state index in [1.807, 2.05) is 0 Å². The predicted molar refractivity (Wildman–Crippen MR) is 95.6 cm³/mol. The van der Waals surface area contributed by atoms with Crippen molar-refractivity contribution in [3.05, 3.63) is 51.4 Å². The maximum Gasteiger partial charge on any atom is 0.342 e. The predicted octanol–water partition coefficient (Wildman–Crippen LogP) is 4.01. The molecule has 0 atom stereocenters. The highest BCUT2D eigenvalue weighted by Crippen LogP contribution is 2.30. The van der Waals surface area contributed by atoms with Gasteiger partial charge in [0.2, 0.25) is 0 Å². The second-order valence-electron chi connectivity index (χ2n) is 4.76. The average Bonchev–Trinajstić information content (AvgIpc) is 2.99. The number of rotatable bonds is 6. The smallest absolute Gasteiger partial charge is 0.342 e. The van der Waals surface area contributed by atoms with Crippen LogP contribution in [0.1, 0.15) is 44.9 Å². The molecule has 2 aromatic rings. The van der Waals surface area contributed by atoms with Crippen LogP contribution < -0.4 is 5.32 Å². The van der Waals surface area contributed by atoms with Crippen LogP contribution >= 0.6 is 22.9 Å². The lowest BCUT2D eigenvalue weighted by atomic mass is 10.1. The van der Waals surface area contributed by atoms with Gasteiger partial charge in [-0.05, 0) is 38.1 Å². The molecule has 25 heavy (non-hydrogen) atoms. The van der Waals surface area contributed by atoms with Gasteiger partial charge in [-0.3, -0.25) is 4.79 Å². The number of hydrogen-bond donors (Lipinski definition) is 1. The lowest BCUT2D eigenvalue weighted by molar-refractivity contribution is 0.0481. The quantitative estimate of drug-likeness (QED) is 0.764. The fraction of sp³-hybridized carbons (Fsp3) is 0.235. The lowest BCUT2D eigenvalue weighted by Gasteiger charge is -2.08. The number of halogens is 1. The fourth-order valence-corrected chi connectivity index (χ4v) is 3.03. The maximum atomic E-state index is 12.3. The average molecular weight is 382 g/mol. The van der Waals surface area contributed by atoms with Crippen LogP contribution in [0.5, 0.6) is 0 Å². The normalized spacial score (nSPS) is 10.2. The summed E-state index contributed by atoms with van der Waals surface area (Å²) >= 11 is 6.85. The van der Waals surface area contributed by atoms with Crippen LogP contribution in [0.3, 0.4) is 0 Å². The van der Waals surface area contributed by atoms with E-state index in [0.717, 1.165) is 11.3 Å². The molecule has 8 heteroatoms. The van der Waals surface area contributed by atoms with Gasteiger partial charge in [-0.1, -0.05) is 11.6 Å². The minimum absolute atomic E-state index is 0.00684. The molecule has 1 aromatic carbocycles. The molecule has 1 amide bonds. The van der Waals surface area contributed by atoms with E-state index in [-0.39, 0.29) is 29.3 Å². The number of thiophene rings is 1. The van der Waals surface area contributed by atoms with Crippen LogP contribution in [-0.2, 0) is 9.47 Å². The summed E-state index contributed by atoms with van der Waals surface area (Å²) in [5.74, 6) is -1.77. The van der Waals surface area contributed by atoms with Gasteiger partial charge in [0.25, 0.3) is 5.91 Å². The van der Waals surface area contributed by atoms with Gasteiger partial charge in [-0.15, -0.1) is 11.3 Å². The van der Waals surface area contributed by atoms with Crippen LogP contribution in [0, 0.1) is 0 Å². The highest BCUT2D eigenvalue weighted by atomic mass is 35.5. The molecule has 0 bridgehead atoms. The van der Waals surface area contributed by atoms with Gasteiger partial charge in [0.1, 0.15) is 10.6 Å². The van der Waals surface area contributed by atoms with Crippen molar-refractivity contribution in [2.24, 2.45) is 0 Å². The Bertz CT molecular complexity index is 785. The van der Waals surface area contributed by atoms with Gasteiger partial charge in [-0.2, -0.15) is 0 Å². The molecule has 1 heterocycles. The zero-order valence-electron chi connectivity index (χ0n) is 13.6. The largest absolute Gasteiger partial charge is 0.462 e. The van der Waals surface area contributed by atoms with E-state index in [1.165, 1.54) is 5.38 Å². The van der Waals surface area contributed by atoms with Crippen molar-refractivity contribution >= 4 is 45.8 Å². The first-order valence-corrected chi connectivity index (χ1v) is 8.76. The first-order chi connectivity index (χ1) is 12.0. The molecule has 1 aromatic heterocycles. The SMILES string of the molecule is CCOC(=O)c1csc(NC(=O)c2ccc(Cl)cc2)c1C(=O)OCC. The van der Waals surface area contributed by atoms with E-state index in [0.29, 0.717) is 10.6 Å². The van der Waals surface area contributed by atoms with Crippen LogP contribution in [0.25, 0.3) is 0 Å². The van der Waals surface area contributed by atoms with Crippen molar-refractivity contribution in [3.8, 4) is 0 Å². The monoisotopic (exact) mass is 381 g/mol. The first-order valence-electron chi connectivity index (χ1n) is 7.50. The Morgan fingerprint density at radius 1 is 1.04 bits per heavy atom. The van der Waals surface area contributed by atoms with Gasteiger partial charge in [-0.25, -0.2) is 9.59 Å². The van der Waals surface area contributed by atoms with E-state index in [9.17, 15) is 14.4 Å². The molecule has 0 saturated carbocycles. The standard InChI is InChI=1S/C17H16ClNO5S/c1-3-23-16(21)12-9-25-15(13(12)17(22)24-4-2)19-14(20)10-5-7-11(18)8-6-10/h5-9H,3-4H2,1-2H3,(H,19,20). The third-order valence-corrected chi connectivity index (χ3v) is 4.25. The van der Waals surface area contributed by atoms with E-state index in [2.05, 4.69) is 5.32 Å². The van der Waals surface area contributed by atoms with E-state index in [4.69, 9.17) is 21.1 Å². The number of hydrogen-bond acceptors (Lipinski definition) is 6. The third kappa shape index (κ3) is 4.58. The molecule has 0 fully saturated rings. The Kier molecular flexibility index (Phi) is 6.55. The Morgan fingerprint density at radius 2 is 1.64 bits per heavy atom. The minimum atomic E-state index is -0.696. The Morgan fingerprint density at radius 3 is 2.24 bits per heavy atom. The number of esters is 2. The number of amides is 1. The van der Waals surface area contributed by atoms with Gasteiger partial charge < -0.3 is 14.8 Å². The number of carbonyl (C=O) groups is 3. The molecule has 0 saturated heterocycles. The van der Waals surface area contributed by atoms with Crippen molar-refractivity contribution in [3.63, 3.8) is 0 Å². The molecular formula is C17H16ClNO5S. The van der Waals surface area contributed by atoms with Crippen LogP contribution in [-0.4, -0.2) is 31.1 Å². The van der Waals surface area contributed by atoms with Crippen molar-refractivity contribution < 1.29 is 23.9 Å². The second-order valence-corrected chi connectivity index (χ2v) is 6.07. The Hall–Kier alpha value is -2.38. The van der Waals surface area contributed by atoms with Gasteiger partial charge in [0, 0.05) is 16.0 Å². The third-order valence-electron chi connectivity index (χ3n) is 3.10. The van der Waals surface area contributed by atoms with E-state index in [1.54, 1.807) is 38.1 Å². The highest BCUT2D eigenvalue weighted by molar-refractivity contribution is 7.15. The molecule has 0 aliphatic rings. The zero-order chi connectivity index (χ0) is 18.4. The molecule has 0 aliphatic carbocycles. The van der Waals surface area contributed by atoms with Gasteiger partial charge in [0.15, 0.2) is 0 Å². The maximum absolute atomic E-state index is 12.3. The Balaban J connectivity index is 2.33. The number of carbonyl (C=O) groups excluding carboxylic acids is 3. The molecule has 0 unspecified atom stereocenters.